The first-order valence-corrected chi connectivity index (χ1v) is 5.90. The van der Waals surface area contributed by atoms with Gasteiger partial charge in [0, 0.05) is 10.1 Å². The van der Waals surface area contributed by atoms with Crippen LogP contribution in [0.25, 0.3) is 0 Å². The summed E-state index contributed by atoms with van der Waals surface area (Å²) < 4.78 is 1.35. The first-order chi connectivity index (χ1) is 6.36. The van der Waals surface area contributed by atoms with Crippen molar-refractivity contribution >= 4 is 22.6 Å². The number of nitrogens with one attached hydrogen (secondary N) is 1. The highest BCUT2D eigenvalue weighted by molar-refractivity contribution is 14.1. The van der Waals surface area contributed by atoms with Crippen LogP contribution in [0.5, 0.6) is 0 Å². The van der Waals surface area contributed by atoms with Crippen LogP contribution in [0.2, 0.25) is 0 Å². The molecule has 1 aromatic carbocycles. The third kappa shape index (κ3) is 2.44. The molecule has 1 atom stereocenters. The number of hydrogen-bond donors (Lipinski definition) is 1. The van der Waals surface area contributed by atoms with E-state index < -0.39 is 0 Å². The molecule has 0 radical (unpaired) electrons. The summed E-state index contributed by atoms with van der Waals surface area (Å²) in [5.74, 6) is 0.739. The Morgan fingerprint density at radius 1 is 1.38 bits per heavy atom. The van der Waals surface area contributed by atoms with Crippen LogP contribution in [-0.2, 0) is 0 Å². The Morgan fingerprint density at radius 3 is 3.00 bits per heavy atom. The van der Waals surface area contributed by atoms with E-state index in [0.717, 1.165) is 12.5 Å². The van der Waals surface area contributed by atoms with E-state index in [-0.39, 0.29) is 0 Å². The standard InChI is InChI=1S/C11H14IN/c12-11-5-1-3-9(7-11)10-4-2-6-13-8-10/h1,3,5,7,10,13H,2,4,6,8H2. The minimum atomic E-state index is 0.739. The smallest absolute Gasteiger partial charge is 0.0133 e. The van der Waals surface area contributed by atoms with Gasteiger partial charge in [-0.3, -0.25) is 0 Å². The number of halogens is 1. The molecule has 0 aromatic heterocycles. The summed E-state index contributed by atoms with van der Waals surface area (Å²) in [6.07, 6.45) is 2.66. The average Bonchev–Trinajstić information content (AvgIpc) is 2.19. The lowest BCUT2D eigenvalue weighted by Gasteiger charge is -2.23. The number of rotatable bonds is 1. The summed E-state index contributed by atoms with van der Waals surface area (Å²) in [4.78, 5) is 0. The van der Waals surface area contributed by atoms with E-state index in [4.69, 9.17) is 0 Å². The highest BCUT2D eigenvalue weighted by Crippen LogP contribution is 2.24. The normalized spacial score (nSPS) is 23.0. The molecule has 0 amide bonds. The molecule has 0 saturated carbocycles. The molecule has 13 heavy (non-hydrogen) atoms. The lowest BCUT2D eigenvalue weighted by atomic mass is 9.92. The third-order valence-corrected chi connectivity index (χ3v) is 3.29. The van der Waals surface area contributed by atoms with Crippen LogP contribution in [0.4, 0.5) is 0 Å². The molecule has 0 spiro atoms. The molecule has 1 saturated heterocycles. The fourth-order valence-corrected chi connectivity index (χ4v) is 2.46. The third-order valence-electron chi connectivity index (χ3n) is 2.62. The van der Waals surface area contributed by atoms with Gasteiger partial charge in [0.2, 0.25) is 0 Å². The Morgan fingerprint density at radius 2 is 2.31 bits per heavy atom. The van der Waals surface area contributed by atoms with Gasteiger partial charge in [0.05, 0.1) is 0 Å². The quantitative estimate of drug-likeness (QED) is 0.783. The summed E-state index contributed by atoms with van der Waals surface area (Å²) in [7, 11) is 0. The molecule has 1 fully saturated rings. The Hall–Kier alpha value is -0.0900. The second-order valence-corrected chi connectivity index (χ2v) is 4.84. The Labute approximate surface area is 93.1 Å². The van der Waals surface area contributed by atoms with Gasteiger partial charge < -0.3 is 5.32 Å². The van der Waals surface area contributed by atoms with Crippen LogP contribution in [-0.4, -0.2) is 13.1 Å². The lowest BCUT2D eigenvalue weighted by molar-refractivity contribution is 0.461. The van der Waals surface area contributed by atoms with Crippen LogP contribution in [0.1, 0.15) is 24.3 Å². The van der Waals surface area contributed by atoms with E-state index >= 15 is 0 Å². The van der Waals surface area contributed by atoms with Crippen molar-refractivity contribution < 1.29 is 0 Å². The maximum absolute atomic E-state index is 3.45. The summed E-state index contributed by atoms with van der Waals surface area (Å²) in [5, 5.41) is 3.45. The molecule has 1 nitrogen and oxygen atoms in total. The SMILES string of the molecule is Ic1cccc(C2CCCNC2)c1. The van der Waals surface area contributed by atoms with Gasteiger partial charge in [-0.15, -0.1) is 0 Å². The van der Waals surface area contributed by atoms with E-state index in [1.165, 1.54) is 28.5 Å². The molecule has 1 heterocycles. The minimum Gasteiger partial charge on any atom is -0.316 e. The van der Waals surface area contributed by atoms with Crippen molar-refractivity contribution in [3.63, 3.8) is 0 Å². The average molecular weight is 287 g/mol. The summed E-state index contributed by atoms with van der Waals surface area (Å²) >= 11 is 2.38. The summed E-state index contributed by atoms with van der Waals surface area (Å²) in [5.41, 5.74) is 1.50. The zero-order chi connectivity index (χ0) is 9.10. The van der Waals surface area contributed by atoms with Crippen LogP contribution in [0.3, 0.4) is 0 Å². The fraction of sp³-hybridized carbons (Fsp3) is 0.455. The van der Waals surface area contributed by atoms with Crippen LogP contribution >= 0.6 is 22.6 Å². The minimum absolute atomic E-state index is 0.739. The summed E-state index contributed by atoms with van der Waals surface area (Å²) in [6.45, 7) is 2.35. The first kappa shape index (κ1) is 9.46. The predicted octanol–water partition coefficient (Wildman–Crippen LogP) is 2.76. The lowest BCUT2D eigenvalue weighted by Crippen LogP contribution is -2.28. The topological polar surface area (TPSA) is 12.0 Å². The highest BCUT2D eigenvalue weighted by Gasteiger charge is 2.14. The molecule has 1 aromatic rings. The molecule has 70 valence electrons. The van der Waals surface area contributed by atoms with E-state index in [1.807, 2.05) is 0 Å². The van der Waals surface area contributed by atoms with Gasteiger partial charge in [-0.2, -0.15) is 0 Å². The van der Waals surface area contributed by atoms with Gasteiger partial charge in [-0.05, 0) is 65.6 Å². The van der Waals surface area contributed by atoms with Crippen molar-refractivity contribution in [2.45, 2.75) is 18.8 Å². The van der Waals surface area contributed by atoms with Crippen molar-refractivity contribution in [1.29, 1.82) is 0 Å². The first-order valence-electron chi connectivity index (χ1n) is 4.82. The van der Waals surface area contributed by atoms with Crippen LogP contribution in [0, 0.1) is 3.57 Å². The molecule has 1 N–H and O–H groups in total. The van der Waals surface area contributed by atoms with Gasteiger partial charge in [0.15, 0.2) is 0 Å². The Balaban J connectivity index is 2.14. The molecular weight excluding hydrogens is 273 g/mol. The largest absolute Gasteiger partial charge is 0.316 e. The Bertz CT molecular complexity index is 279. The monoisotopic (exact) mass is 287 g/mol. The van der Waals surface area contributed by atoms with Gasteiger partial charge in [-0.25, -0.2) is 0 Å². The number of hydrogen-bond acceptors (Lipinski definition) is 1. The molecular formula is C11H14IN. The number of benzene rings is 1. The predicted molar refractivity (Wildman–Crippen MR) is 64.0 cm³/mol. The maximum atomic E-state index is 3.45. The molecule has 2 heteroatoms. The second kappa shape index (κ2) is 4.42. The summed E-state index contributed by atoms with van der Waals surface area (Å²) in [6, 6.07) is 8.87. The van der Waals surface area contributed by atoms with Crippen molar-refractivity contribution in [1.82, 2.24) is 5.32 Å². The van der Waals surface area contributed by atoms with E-state index in [1.54, 1.807) is 0 Å². The molecule has 2 rings (SSSR count). The van der Waals surface area contributed by atoms with Crippen molar-refractivity contribution in [2.24, 2.45) is 0 Å². The second-order valence-electron chi connectivity index (χ2n) is 3.60. The van der Waals surface area contributed by atoms with Gasteiger partial charge in [0.25, 0.3) is 0 Å². The Kier molecular flexibility index (Phi) is 3.22. The van der Waals surface area contributed by atoms with Gasteiger partial charge >= 0.3 is 0 Å². The van der Waals surface area contributed by atoms with E-state index in [2.05, 4.69) is 52.2 Å². The van der Waals surface area contributed by atoms with Crippen LogP contribution < -0.4 is 5.32 Å². The van der Waals surface area contributed by atoms with E-state index in [9.17, 15) is 0 Å². The van der Waals surface area contributed by atoms with Gasteiger partial charge in [-0.1, -0.05) is 12.1 Å². The van der Waals surface area contributed by atoms with Crippen LogP contribution in [0.15, 0.2) is 24.3 Å². The highest BCUT2D eigenvalue weighted by atomic mass is 127. The van der Waals surface area contributed by atoms with Crippen molar-refractivity contribution in [3.8, 4) is 0 Å². The molecule has 1 unspecified atom stereocenters. The zero-order valence-corrected chi connectivity index (χ0v) is 9.75. The van der Waals surface area contributed by atoms with E-state index in [0.29, 0.717) is 0 Å². The zero-order valence-electron chi connectivity index (χ0n) is 7.59. The maximum Gasteiger partial charge on any atom is 0.0133 e. The fourth-order valence-electron chi connectivity index (χ4n) is 1.90. The van der Waals surface area contributed by atoms with Crippen molar-refractivity contribution in [2.75, 3.05) is 13.1 Å². The molecule has 1 aliphatic rings. The van der Waals surface area contributed by atoms with Gasteiger partial charge in [0.1, 0.15) is 0 Å². The molecule has 1 aliphatic heterocycles. The number of piperidine rings is 1. The van der Waals surface area contributed by atoms with Crippen molar-refractivity contribution in [3.05, 3.63) is 33.4 Å². The molecule has 0 aliphatic carbocycles. The molecule has 0 bridgehead atoms.